The van der Waals surface area contributed by atoms with Gasteiger partial charge in [0.2, 0.25) is 5.95 Å². The lowest BCUT2D eigenvalue weighted by Gasteiger charge is -2.34. The molecule has 9 heteroatoms. The van der Waals surface area contributed by atoms with Gasteiger partial charge < -0.3 is 30.2 Å². The van der Waals surface area contributed by atoms with Crippen LogP contribution in [0.3, 0.4) is 0 Å². The molecule has 0 radical (unpaired) electrons. The molecule has 2 aromatic heterocycles. The second-order valence-corrected chi connectivity index (χ2v) is 8.35. The van der Waals surface area contributed by atoms with Crippen molar-refractivity contribution in [1.82, 2.24) is 19.4 Å². The summed E-state index contributed by atoms with van der Waals surface area (Å²) in [5.41, 5.74) is 10.9. The number of nitrogens with one attached hydrogen (secondary N) is 1. The summed E-state index contributed by atoms with van der Waals surface area (Å²) in [7, 11) is 3.52. The average Bonchev–Trinajstić information content (AvgIpc) is 3.28. The summed E-state index contributed by atoms with van der Waals surface area (Å²) >= 11 is 0. The number of benzene rings is 2. The fourth-order valence-electron chi connectivity index (χ4n) is 4.23. The van der Waals surface area contributed by atoms with Crippen molar-refractivity contribution < 1.29 is 9.53 Å². The largest absolute Gasteiger partial charge is 0.465 e. The topological polar surface area (TPSA) is 102 Å². The molecule has 0 unspecified atom stereocenters. The molecule has 3 heterocycles. The van der Waals surface area contributed by atoms with E-state index in [0.29, 0.717) is 17.1 Å². The van der Waals surface area contributed by atoms with Crippen LogP contribution in [0.1, 0.15) is 10.4 Å². The number of hydrogen-bond donors (Lipinski definition) is 2. The molecule has 0 bridgehead atoms. The minimum absolute atomic E-state index is 0.169. The number of nitrogens with two attached hydrogens (primary N) is 1. The minimum Gasteiger partial charge on any atom is -0.465 e. The van der Waals surface area contributed by atoms with Crippen LogP contribution < -0.4 is 16.0 Å². The van der Waals surface area contributed by atoms with E-state index in [0.717, 1.165) is 42.9 Å². The molecule has 1 aliphatic heterocycles. The summed E-state index contributed by atoms with van der Waals surface area (Å²) in [5.74, 6) is 0.319. The number of hydrogen-bond acceptors (Lipinski definition) is 8. The van der Waals surface area contributed by atoms with E-state index >= 15 is 0 Å². The molecular formula is C25H27N7O2. The molecule has 9 nitrogen and oxygen atoms in total. The second kappa shape index (κ2) is 9.03. The molecule has 0 saturated carbocycles. The van der Waals surface area contributed by atoms with E-state index in [9.17, 15) is 4.79 Å². The number of fused-ring (bicyclic) bond motifs is 1. The van der Waals surface area contributed by atoms with Gasteiger partial charge in [0.1, 0.15) is 5.52 Å². The lowest BCUT2D eigenvalue weighted by atomic mass is 10.2. The zero-order chi connectivity index (χ0) is 23.7. The van der Waals surface area contributed by atoms with Crippen molar-refractivity contribution in [3.05, 3.63) is 66.4 Å². The number of methoxy groups -OCH3 is 1. The number of carbonyl (C=O) groups is 1. The monoisotopic (exact) mass is 457 g/mol. The Balaban J connectivity index is 1.48. The molecule has 5 rings (SSSR count). The van der Waals surface area contributed by atoms with Gasteiger partial charge in [0.05, 0.1) is 18.2 Å². The summed E-state index contributed by atoms with van der Waals surface area (Å²) in [6.45, 7) is 4.17. The molecule has 174 valence electrons. The number of ether oxygens (including phenoxy) is 1. The van der Waals surface area contributed by atoms with Gasteiger partial charge in [-0.2, -0.15) is 4.98 Å². The van der Waals surface area contributed by atoms with E-state index in [1.54, 1.807) is 18.2 Å². The van der Waals surface area contributed by atoms with E-state index in [4.69, 9.17) is 10.5 Å². The number of aromatic nitrogens is 3. The van der Waals surface area contributed by atoms with Crippen molar-refractivity contribution in [2.24, 2.45) is 0 Å². The van der Waals surface area contributed by atoms with E-state index < -0.39 is 5.97 Å². The predicted molar refractivity (Wildman–Crippen MR) is 134 cm³/mol. The molecule has 0 amide bonds. The van der Waals surface area contributed by atoms with Gasteiger partial charge in [0, 0.05) is 49.4 Å². The maximum Gasteiger partial charge on any atom is 0.337 e. The Hall–Kier alpha value is -4.11. The van der Waals surface area contributed by atoms with E-state index in [1.807, 2.05) is 22.9 Å². The van der Waals surface area contributed by atoms with Crippen molar-refractivity contribution >= 4 is 40.1 Å². The SMILES string of the molecule is COC(=O)c1cccc(Nc2nc(N)nc3ccn(-c4ccc(N5CCN(C)CC5)cc4)c23)c1. The fourth-order valence-corrected chi connectivity index (χ4v) is 4.23. The summed E-state index contributed by atoms with van der Waals surface area (Å²) < 4.78 is 6.87. The highest BCUT2D eigenvalue weighted by molar-refractivity contribution is 5.93. The van der Waals surface area contributed by atoms with Crippen LogP contribution >= 0.6 is 0 Å². The maximum atomic E-state index is 11.9. The Morgan fingerprint density at radius 3 is 2.47 bits per heavy atom. The van der Waals surface area contributed by atoms with Crippen molar-refractivity contribution in [3.63, 3.8) is 0 Å². The van der Waals surface area contributed by atoms with Crippen LogP contribution in [0.4, 0.5) is 23.1 Å². The number of esters is 1. The third-order valence-electron chi connectivity index (χ3n) is 6.09. The van der Waals surface area contributed by atoms with Gasteiger partial charge in [0.15, 0.2) is 5.82 Å². The second-order valence-electron chi connectivity index (χ2n) is 8.35. The predicted octanol–water partition coefficient (Wildman–Crippen LogP) is 3.28. The normalized spacial score (nSPS) is 14.4. The van der Waals surface area contributed by atoms with Crippen LogP contribution in [0.2, 0.25) is 0 Å². The average molecular weight is 458 g/mol. The third kappa shape index (κ3) is 4.25. The zero-order valence-corrected chi connectivity index (χ0v) is 19.2. The zero-order valence-electron chi connectivity index (χ0n) is 19.2. The smallest absolute Gasteiger partial charge is 0.337 e. The van der Waals surface area contributed by atoms with Crippen LogP contribution in [0.15, 0.2) is 60.8 Å². The van der Waals surface area contributed by atoms with Crippen LogP contribution in [0.5, 0.6) is 0 Å². The molecule has 4 aromatic rings. The Kier molecular flexibility index (Phi) is 5.77. The Bertz CT molecular complexity index is 1330. The van der Waals surface area contributed by atoms with Crippen LogP contribution in [-0.2, 0) is 4.74 Å². The molecule has 0 atom stereocenters. The first kappa shape index (κ1) is 21.7. The van der Waals surface area contributed by atoms with Crippen molar-refractivity contribution in [2.75, 3.05) is 56.3 Å². The van der Waals surface area contributed by atoms with Crippen LogP contribution in [0.25, 0.3) is 16.7 Å². The summed E-state index contributed by atoms with van der Waals surface area (Å²) in [6, 6.07) is 17.5. The molecule has 1 aliphatic rings. The highest BCUT2D eigenvalue weighted by Gasteiger charge is 2.16. The minimum atomic E-state index is -0.403. The quantitative estimate of drug-likeness (QED) is 0.440. The molecule has 1 saturated heterocycles. The lowest BCUT2D eigenvalue weighted by molar-refractivity contribution is 0.0601. The van der Waals surface area contributed by atoms with Gasteiger partial charge in [-0.3, -0.25) is 0 Å². The van der Waals surface area contributed by atoms with Crippen molar-refractivity contribution in [3.8, 4) is 5.69 Å². The molecular weight excluding hydrogens is 430 g/mol. The first-order chi connectivity index (χ1) is 16.5. The number of anilines is 4. The number of nitrogens with zero attached hydrogens (tertiary/aromatic N) is 5. The van der Waals surface area contributed by atoms with E-state index in [2.05, 4.69) is 56.4 Å². The third-order valence-corrected chi connectivity index (χ3v) is 6.09. The highest BCUT2D eigenvalue weighted by Crippen LogP contribution is 2.29. The summed E-state index contributed by atoms with van der Waals surface area (Å²) in [4.78, 5) is 25.5. The number of carbonyl (C=O) groups excluding carboxylic acids is 1. The van der Waals surface area contributed by atoms with E-state index in [-0.39, 0.29) is 5.95 Å². The van der Waals surface area contributed by atoms with Crippen LogP contribution in [-0.4, -0.2) is 65.7 Å². The number of nitrogen functional groups attached to an aromatic ring is 1. The Morgan fingerprint density at radius 2 is 1.74 bits per heavy atom. The Labute approximate surface area is 197 Å². The summed E-state index contributed by atoms with van der Waals surface area (Å²) in [5, 5.41) is 3.30. The number of likely N-dealkylation sites (N-methyl/N-ethyl adjacent to an activating group) is 1. The van der Waals surface area contributed by atoms with Gasteiger partial charge in [-0.15, -0.1) is 0 Å². The maximum absolute atomic E-state index is 11.9. The molecule has 34 heavy (non-hydrogen) atoms. The Morgan fingerprint density at radius 1 is 1.00 bits per heavy atom. The molecule has 0 spiro atoms. The molecule has 0 aliphatic carbocycles. The van der Waals surface area contributed by atoms with Gasteiger partial charge in [-0.05, 0) is 55.6 Å². The van der Waals surface area contributed by atoms with Crippen molar-refractivity contribution in [1.29, 1.82) is 0 Å². The first-order valence-electron chi connectivity index (χ1n) is 11.2. The van der Waals surface area contributed by atoms with Crippen LogP contribution in [0, 0.1) is 0 Å². The van der Waals surface area contributed by atoms with E-state index in [1.165, 1.54) is 12.8 Å². The standard InChI is InChI=1S/C25H27N7O2/c1-30-12-14-31(15-13-30)19-6-8-20(9-7-19)32-11-10-21-22(32)23(29-25(26)28-21)27-18-5-3-4-17(16-18)24(33)34-2/h3-11,16H,12-15H2,1-2H3,(H3,26,27,28,29). The van der Waals surface area contributed by atoms with Crippen molar-refractivity contribution in [2.45, 2.75) is 0 Å². The molecule has 3 N–H and O–H groups in total. The number of rotatable bonds is 5. The highest BCUT2D eigenvalue weighted by atomic mass is 16.5. The lowest BCUT2D eigenvalue weighted by Crippen LogP contribution is -2.44. The molecule has 2 aromatic carbocycles. The van der Waals surface area contributed by atoms with Gasteiger partial charge in [0.25, 0.3) is 0 Å². The fraction of sp³-hybridized carbons (Fsp3) is 0.240. The number of piperazine rings is 1. The van der Waals surface area contributed by atoms with Gasteiger partial charge in [-0.1, -0.05) is 6.07 Å². The first-order valence-corrected chi connectivity index (χ1v) is 11.2. The van der Waals surface area contributed by atoms with Gasteiger partial charge in [-0.25, -0.2) is 9.78 Å². The molecule has 1 fully saturated rings. The summed E-state index contributed by atoms with van der Waals surface area (Å²) in [6.07, 6.45) is 1.96. The van der Waals surface area contributed by atoms with Gasteiger partial charge >= 0.3 is 5.97 Å².